The Morgan fingerprint density at radius 1 is 0.939 bits per heavy atom. The van der Waals surface area contributed by atoms with Crippen molar-refractivity contribution in [3.63, 3.8) is 0 Å². The number of amides is 1. The van der Waals surface area contributed by atoms with Crippen molar-refractivity contribution < 1.29 is 22.7 Å². The molecule has 3 rings (SSSR count). The van der Waals surface area contributed by atoms with Gasteiger partial charge in [0.2, 0.25) is 5.91 Å². The Bertz CT molecular complexity index is 1260. The number of nitrogens with one attached hydrogen (secondary N) is 1. The number of ether oxygens (including phenoxy) is 1. The van der Waals surface area contributed by atoms with Crippen LogP contribution in [0.3, 0.4) is 0 Å². The van der Waals surface area contributed by atoms with Crippen LogP contribution < -0.4 is 9.62 Å². The van der Waals surface area contributed by atoms with Gasteiger partial charge < -0.3 is 10.1 Å². The number of benzene rings is 3. The molecule has 0 fully saturated rings. The summed E-state index contributed by atoms with van der Waals surface area (Å²) in [5.74, 6) is -1.04. The molecule has 0 spiro atoms. The van der Waals surface area contributed by atoms with E-state index >= 15 is 0 Å². The Balaban J connectivity index is 1.92. The topological polar surface area (TPSA) is 92.8 Å². The standard InChI is InChI=1S/C25H26N2O5S/c1-4-32-25(29)20-14-13-19(3)23(16-20)26-24(28)17-27(21-10-8-9-18(2)15-21)33(30,31)22-11-6-5-7-12-22/h5-16H,4,17H2,1-3H3,(H,26,28). The molecule has 172 valence electrons. The number of esters is 1. The minimum Gasteiger partial charge on any atom is -0.462 e. The second-order valence-corrected chi connectivity index (χ2v) is 9.32. The molecular formula is C25H26N2O5S. The minimum absolute atomic E-state index is 0.0831. The van der Waals surface area contributed by atoms with E-state index in [0.29, 0.717) is 16.9 Å². The minimum atomic E-state index is -4.00. The van der Waals surface area contributed by atoms with Crippen LogP contribution in [0.25, 0.3) is 0 Å². The maximum Gasteiger partial charge on any atom is 0.338 e. The number of hydrogen-bond acceptors (Lipinski definition) is 5. The summed E-state index contributed by atoms with van der Waals surface area (Å²) < 4.78 is 32.9. The Labute approximate surface area is 194 Å². The maximum absolute atomic E-state index is 13.4. The van der Waals surface area contributed by atoms with Crippen molar-refractivity contribution in [2.75, 3.05) is 22.8 Å². The Morgan fingerprint density at radius 3 is 2.33 bits per heavy atom. The van der Waals surface area contributed by atoms with Gasteiger partial charge in [0.1, 0.15) is 6.54 Å². The first-order chi connectivity index (χ1) is 15.7. The molecule has 1 N–H and O–H groups in total. The van der Waals surface area contributed by atoms with Gasteiger partial charge in [-0.25, -0.2) is 13.2 Å². The predicted molar refractivity (Wildman–Crippen MR) is 128 cm³/mol. The summed E-state index contributed by atoms with van der Waals surface area (Å²) in [7, 11) is -4.00. The van der Waals surface area contributed by atoms with Gasteiger partial charge in [0.15, 0.2) is 0 Å². The monoisotopic (exact) mass is 466 g/mol. The summed E-state index contributed by atoms with van der Waals surface area (Å²) in [6.45, 7) is 5.13. The zero-order chi connectivity index (χ0) is 24.0. The first-order valence-electron chi connectivity index (χ1n) is 10.4. The van der Waals surface area contributed by atoms with Crippen LogP contribution in [0, 0.1) is 13.8 Å². The molecule has 0 radical (unpaired) electrons. The van der Waals surface area contributed by atoms with Crippen LogP contribution in [0.15, 0.2) is 77.7 Å². The molecule has 0 unspecified atom stereocenters. The lowest BCUT2D eigenvalue weighted by Gasteiger charge is -2.24. The van der Waals surface area contributed by atoms with Gasteiger partial charge in [-0.05, 0) is 68.3 Å². The van der Waals surface area contributed by atoms with E-state index in [4.69, 9.17) is 4.74 Å². The average Bonchev–Trinajstić information content (AvgIpc) is 2.79. The highest BCUT2D eigenvalue weighted by atomic mass is 32.2. The molecule has 0 saturated heterocycles. The Hall–Kier alpha value is -3.65. The van der Waals surface area contributed by atoms with Gasteiger partial charge in [-0.15, -0.1) is 0 Å². The van der Waals surface area contributed by atoms with Crippen molar-refractivity contribution in [2.45, 2.75) is 25.7 Å². The fourth-order valence-electron chi connectivity index (χ4n) is 3.24. The van der Waals surface area contributed by atoms with Crippen LogP contribution in [0.5, 0.6) is 0 Å². The lowest BCUT2D eigenvalue weighted by molar-refractivity contribution is -0.114. The molecule has 33 heavy (non-hydrogen) atoms. The lowest BCUT2D eigenvalue weighted by atomic mass is 10.1. The fourth-order valence-corrected chi connectivity index (χ4v) is 4.67. The summed E-state index contributed by atoms with van der Waals surface area (Å²) in [6.07, 6.45) is 0. The molecule has 1 amide bonds. The van der Waals surface area contributed by atoms with Crippen LogP contribution >= 0.6 is 0 Å². The van der Waals surface area contributed by atoms with Gasteiger partial charge in [-0.3, -0.25) is 9.10 Å². The molecule has 0 saturated carbocycles. The van der Waals surface area contributed by atoms with E-state index in [0.717, 1.165) is 15.4 Å². The average molecular weight is 467 g/mol. The van der Waals surface area contributed by atoms with Gasteiger partial charge in [-0.2, -0.15) is 0 Å². The lowest BCUT2D eigenvalue weighted by Crippen LogP contribution is -2.38. The molecule has 0 aliphatic heterocycles. The van der Waals surface area contributed by atoms with Gasteiger partial charge in [0.25, 0.3) is 10.0 Å². The van der Waals surface area contributed by atoms with Crippen LogP contribution in [0.4, 0.5) is 11.4 Å². The largest absolute Gasteiger partial charge is 0.462 e. The van der Waals surface area contributed by atoms with Gasteiger partial charge in [0.05, 0.1) is 22.8 Å². The number of nitrogens with zero attached hydrogens (tertiary/aromatic N) is 1. The van der Waals surface area contributed by atoms with Crippen molar-refractivity contribution in [1.82, 2.24) is 0 Å². The van der Waals surface area contributed by atoms with Crippen molar-refractivity contribution >= 4 is 33.3 Å². The summed E-state index contributed by atoms with van der Waals surface area (Å²) in [5.41, 5.74) is 2.67. The first kappa shape index (κ1) is 24.0. The van der Waals surface area contributed by atoms with Gasteiger partial charge in [0, 0.05) is 5.69 Å². The molecular weight excluding hydrogens is 440 g/mol. The van der Waals surface area contributed by atoms with Crippen molar-refractivity contribution in [3.05, 3.63) is 89.5 Å². The molecule has 0 heterocycles. The van der Waals surface area contributed by atoms with E-state index in [1.807, 2.05) is 13.0 Å². The Kier molecular flexibility index (Phi) is 7.50. The smallest absolute Gasteiger partial charge is 0.338 e. The molecule has 0 aromatic heterocycles. The molecule has 3 aromatic rings. The number of rotatable bonds is 8. The second kappa shape index (κ2) is 10.3. The number of hydrogen-bond donors (Lipinski definition) is 1. The highest BCUT2D eigenvalue weighted by molar-refractivity contribution is 7.92. The SMILES string of the molecule is CCOC(=O)c1ccc(C)c(NC(=O)CN(c2cccc(C)c2)S(=O)(=O)c2ccccc2)c1. The fraction of sp³-hybridized carbons (Fsp3) is 0.200. The molecule has 0 aliphatic rings. The number of carbonyl (C=O) groups is 2. The first-order valence-corrected chi connectivity index (χ1v) is 11.9. The molecule has 0 atom stereocenters. The van der Waals surface area contributed by atoms with Crippen molar-refractivity contribution in [3.8, 4) is 0 Å². The molecule has 0 aliphatic carbocycles. The zero-order valence-corrected chi connectivity index (χ0v) is 19.6. The number of aryl methyl sites for hydroxylation is 2. The summed E-state index contributed by atoms with van der Waals surface area (Å²) in [4.78, 5) is 25.1. The molecule has 0 bridgehead atoms. The Morgan fingerprint density at radius 2 is 1.67 bits per heavy atom. The van der Waals surface area contributed by atoms with E-state index in [1.165, 1.54) is 18.2 Å². The maximum atomic E-state index is 13.4. The third-order valence-corrected chi connectivity index (χ3v) is 6.72. The second-order valence-electron chi connectivity index (χ2n) is 7.46. The van der Waals surface area contributed by atoms with Crippen LogP contribution in [-0.2, 0) is 19.6 Å². The van der Waals surface area contributed by atoms with E-state index in [2.05, 4.69) is 5.32 Å². The molecule has 3 aromatic carbocycles. The zero-order valence-electron chi connectivity index (χ0n) is 18.7. The summed E-state index contributed by atoms with van der Waals surface area (Å²) in [5, 5.41) is 2.73. The number of sulfonamides is 1. The van der Waals surface area contributed by atoms with E-state index < -0.39 is 28.4 Å². The third kappa shape index (κ3) is 5.78. The number of carbonyl (C=O) groups excluding carboxylic acids is 2. The van der Waals surface area contributed by atoms with Crippen molar-refractivity contribution in [1.29, 1.82) is 0 Å². The van der Waals surface area contributed by atoms with E-state index in [9.17, 15) is 18.0 Å². The van der Waals surface area contributed by atoms with E-state index in [1.54, 1.807) is 62.4 Å². The normalized spacial score (nSPS) is 11.0. The van der Waals surface area contributed by atoms with Crippen molar-refractivity contribution in [2.24, 2.45) is 0 Å². The summed E-state index contributed by atoms with van der Waals surface area (Å²) in [6, 6.07) is 19.7. The highest BCUT2D eigenvalue weighted by Crippen LogP contribution is 2.25. The predicted octanol–water partition coefficient (Wildman–Crippen LogP) is 4.31. The number of anilines is 2. The molecule has 8 heteroatoms. The van der Waals surface area contributed by atoms with Crippen LogP contribution in [0.1, 0.15) is 28.4 Å². The van der Waals surface area contributed by atoms with Gasteiger partial charge >= 0.3 is 5.97 Å². The summed E-state index contributed by atoms with van der Waals surface area (Å²) >= 11 is 0. The van der Waals surface area contributed by atoms with Gasteiger partial charge in [-0.1, -0.05) is 36.4 Å². The third-order valence-electron chi connectivity index (χ3n) is 4.93. The van der Waals surface area contributed by atoms with Crippen LogP contribution in [0.2, 0.25) is 0 Å². The molecule has 7 nitrogen and oxygen atoms in total. The van der Waals surface area contributed by atoms with Crippen LogP contribution in [-0.4, -0.2) is 33.4 Å². The highest BCUT2D eigenvalue weighted by Gasteiger charge is 2.27. The van der Waals surface area contributed by atoms with E-state index in [-0.39, 0.29) is 11.5 Å². The quantitative estimate of drug-likeness (QED) is 0.499.